The molecular formula is C18H36O4. The Kier molecular flexibility index (Phi) is 9.57. The van der Waals surface area contributed by atoms with Crippen molar-refractivity contribution in [2.75, 3.05) is 0 Å². The van der Waals surface area contributed by atoms with Crippen molar-refractivity contribution in [2.24, 2.45) is 0 Å². The molecule has 4 heteroatoms. The smallest absolute Gasteiger partial charge is 0.158 e. The van der Waals surface area contributed by atoms with Gasteiger partial charge in [-0.3, -0.25) is 0 Å². The van der Waals surface area contributed by atoms with E-state index in [0.29, 0.717) is 24.4 Å². The lowest BCUT2D eigenvalue weighted by molar-refractivity contribution is -0.240. The lowest BCUT2D eigenvalue weighted by atomic mass is 10.1. The molecule has 0 N–H and O–H groups in total. The Labute approximate surface area is 136 Å². The summed E-state index contributed by atoms with van der Waals surface area (Å²) in [5.41, 5.74) is 0. The molecule has 0 spiro atoms. The lowest BCUT2D eigenvalue weighted by Crippen LogP contribution is -2.36. The van der Waals surface area contributed by atoms with Gasteiger partial charge in [0.2, 0.25) is 0 Å². The van der Waals surface area contributed by atoms with E-state index in [-0.39, 0.29) is 12.6 Å². The van der Waals surface area contributed by atoms with Gasteiger partial charge in [-0.15, -0.1) is 0 Å². The first-order valence-corrected chi connectivity index (χ1v) is 9.10. The van der Waals surface area contributed by atoms with Gasteiger partial charge in [0, 0.05) is 0 Å². The minimum atomic E-state index is -0.00583. The van der Waals surface area contributed by atoms with Crippen LogP contribution in [0.15, 0.2) is 0 Å². The van der Waals surface area contributed by atoms with Crippen LogP contribution >= 0.6 is 0 Å². The zero-order valence-corrected chi connectivity index (χ0v) is 15.3. The van der Waals surface area contributed by atoms with E-state index in [0.717, 1.165) is 38.5 Å². The summed E-state index contributed by atoms with van der Waals surface area (Å²) in [6, 6.07) is 0. The number of hydrogen-bond acceptors (Lipinski definition) is 4. The second-order valence-electron chi connectivity index (χ2n) is 6.48. The number of hydrogen-bond donors (Lipinski definition) is 0. The van der Waals surface area contributed by atoms with Crippen LogP contribution in [0, 0.1) is 0 Å². The summed E-state index contributed by atoms with van der Waals surface area (Å²) in [7, 11) is 0. The zero-order chi connectivity index (χ0) is 16.5. The summed E-state index contributed by atoms with van der Waals surface area (Å²) < 4.78 is 22.2. The Morgan fingerprint density at radius 2 is 1.27 bits per heavy atom. The molecule has 0 saturated carbocycles. The molecule has 6 atom stereocenters. The van der Waals surface area contributed by atoms with Gasteiger partial charge in [-0.2, -0.15) is 0 Å². The maximum Gasteiger partial charge on any atom is 0.158 e. The summed E-state index contributed by atoms with van der Waals surface area (Å²) in [6.07, 6.45) is 8.09. The molecule has 2 aliphatic rings. The highest BCUT2D eigenvalue weighted by atomic mass is 16.7. The standard InChI is InChI=1S/C10H20O2.C8H16O2/c1-4-6-10-11-8(3)7-9(5-2)12-10;1-4-8-5-6(2)9-7(3)10-8/h8-10H,4-7H2,1-3H3;6-8H,4-5H2,1-3H3. The van der Waals surface area contributed by atoms with E-state index in [2.05, 4.69) is 34.6 Å². The van der Waals surface area contributed by atoms with Gasteiger partial charge in [-0.25, -0.2) is 0 Å². The van der Waals surface area contributed by atoms with Crippen molar-refractivity contribution in [2.45, 2.75) is 117 Å². The van der Waals surface area contributed by atoms with Crippen molar-refractivity contribution >= 4 is 0 Å². The monoisotopic (exact) mass is 316 g/mol. The van der Waals surface area contributed by atoms with Crippen molar-refractivity contribution in [3.63, 3.8) is 0 Å². The van der Waals surface area contributed by atoms with E-state index < -0.39 is 0 Å². The van der Waals surface area contributed by atoms with Crippen LogP contribution in [-0.2, 0) is 18.9 Å². The Bertz CT molecular complexity index is 274. The fourth-order valence-electron chi connectivity index (χ4n) is 3.00. The largest absolute Gasteiger partial charge is 0.350 e. The molecule has 0 aromatic heterocycles. The topological polar surface area (TPSA) is 36.9 Å². The van der Waals surface area contributed by atoms with Crippen LogP contribution < -0.4 is 0 Å². The Balaban J connectivity index is 0.000000224. The highest BCUT2D eigenvalue weighted by Crippen LogP contribution is 2.22. The van der Waals surface area contributed by atoms with Crippen LogP contribution in [-0.4, -0.2) is 37.0 Å². The van der Waals surface area contributed by atoms with E-state index >= 15 is 0 Å². The zero-order valence-electron chi connectivity index (χ0n) is 15.3. The average Bonchev–Trinajstić information content (AvgIpc) is 2.46. The summed E-state index contributed by atoms with van der Waals surface area (Å²) in [6.45, 7) is 12.7. The molecule has 2 fully saturated rings. The molecule has 0 amide bonds. The minimum Gasteiger partial charge on any atom is -0.350 e. The lowest BCUT2D eigenvalue weighted by Gasteiger charge is -2.33. The molecule has 2 rings (SSSR count). The molecule has 4 nitrogen and oxygen atoms in total. The van der Waals surface area contributed by atoms with Gasteiger partial charge in [0.1, 0.15) is 0 Å². The SMILES string of the molecule is CCC1CC(C)OC(C)O1.CCCC1OC(C)CC(CC)O1. The summed E-state index contributed by atoms with van der Waals surface area (Å²) in [5, 5.41) is 0. The van der Waals surface area contributed by atoms with Gasteiger partial charge in [-0.1, -0.05) is 27.2 Å². The molecule has 0 aliphatic carbocycles. The first kappa shape index (κ1) is 19.9. The second-order valence-corrected chi connectivity index (χ2v) is 6.48. The summed E-state index contributed by atoms with van der Waals surface area (Å²) in [5.74, 6) is 0. The molecule has 2 saturated heterocycles. The van der Waals surface area contributed by atoms with Gasteiger partial charge >= 0.3 is 0 Å². The quantitative estimate of drug-likeness (QED) is 0.756. The van der Waals surface area contributed by atoms with Crippen LogP contribution in [0.3, 0.4) is 0 Å². The average molecular weight is 316 g/mol. The third kappa shape index (κ3) is 7.40. The highest BCUT2D eigenvalue weighted by molar-refractivity contribution is 4.68. The maximum atomic E-state index is 5.72. The third-order valence-electron chi connectivity index (χ3n) is 4.16. The molecule has 2 aliphatic heterocycles. The fourth-order valence-corrected chi connectivity index (χ4v) is 3.00. The number of ether oxygens (including phenoxy) is 4. The second kappa shape index (κ2) is 10.6. The minimum absolute atomic E-state index is 0.00583. The van der Waals surface area contributed by atoms with Crippen molar-refractivity contribution in [3.8, 4) is 0 Å². The molecular weight excluding hydrogens is 280 g/mol. The number of rotatable bonds is 4. The molecule has 22 heavy (non-hydrogen) atoms. The Morgan fingerprint density at radius 3 is 1.77 bits per heavy atom. The van der Waals surface area contributed by atoms with Crippen molar-refractivity contribution in [3.05, 3.63) is 0 Å². The maximum absolute atomic E-state index is 5.72. The fraction of sp³-hybridized carbons (Fsp3) is 1.00. The predicted molar refractivity (Wildman–Crippen MR) is 88.8 cm³/mol. The van der Waals surface area contributed by atoms with Crippen molar-refractivity contribution < 1.29 is 18.9 Å². The van der Waals surface area contributed by atoms with E-state index in [1.165, 1.54) is 0 Å². The van der Waals surface area contributed by atoms with Gasteiger partial charge < -0.3 is 18.9 Å². The molecule has 0 bridgehead atoms. The first-order chi connectivity index (χ1) is 10.5. The highest BCUT2D eigenvalue weighted by Gasteiger charge is 2.25. The van der Waals surface area contributed by atoms with Gasteiger partial charge in [0.25, 0.3) is 0 Å². The Morgan fingerprint density at radius 1 is 0.727 bits per heavy atom. The Hall–Kier alpha value is -0.160. The van der Waals surface area contributed by atoms with E-state index in [1.807, 2.05) is 6.92 Å². The van der Waals surface area contributed by atoms with Crippen molar-refractivity contribution in [1.29, 1.82) is 0 Å². The summed E-state index contributed by atoms with van der Waals surface area (Å²) >= 11 is 0. The van der Waals surface area contributed by atoms with Crippen molar-refractivity contribution in [1.82, 2.24) is 0 Å². The van der Waals surface area contributed by atoms with E-state index in [1.54, 1.807) is 0 Å². The molecule has 0 radical (unpaired) electrons. The van der Waals surface area contributed by atoms with Crippen LogP contribution in [0.5, 0.6) is 0 Å². The van der Waals surface area contributed by atoms with Crippen LogP contribution in [0.1, 0.15) is 80.1 Å². The molecule has 6 unspecified atom stereocenters. The van der Waals surface area contributed by atoms with Crippen LogP contribution in [0.25, 0.3) is 0 Å². The van der Waals surface area contributed by atoms with E-state index in [9.17, 15) is 0 Å². The van der Waals surface area contributed by atoms with Gasteiger partial charge in [0.15, 0.2) is 12.6 Å². The normalized spacial score (nSPS) is 39.0. The predicted octanol–water partition coefficient (Wildman–Crippen LogP) is 4.65. The van der Waals surface area contributed by atoms with E-state index in [4.69, 9.17) is 18.9 Å². The van der Waals surface area contributed by atoms with Gasteiger partial charge in [-0.05, 0) is 52.9 Å². The molecule has 132 valence electrons. The van der Waals surface area contributed by atoms with Crippen LogP contribution in [0.4, 0.5) is 0 Å². The van der Waals surface area contributed by atoms with Crippen LogP contribution in [0.2, 0.25) is 0 Å². The molecule has 0 aromatic carbocycles. The van der Waals surface area contributed by atoms with Gasteiger partial charge in [0.05, 0.1) is 24.4 Å². The first-order valence-electron chi connectivity index (χ1n) is 9.10. The third-order valence-corrected chi connectivity index (χ3v) is 4.16. The molecule has 2 heterocycles. The molecule has 0 aromatic rings. The summed E-state index contributed by atoms with van der Waals surface area (Å²) in [4.78, 5) is 0.